The van der Waals surface area contributed by atoms with Crippen molar-refractivity contribution >= 4 is 23.5 Å². The lowest BCUT2D eigenvalue weighted by Gasteiger charge is -2.27. The summed E-state index contributed by atoms with van der Waals surface area (Å²) in [5.74, 6) is -6.40. The molecule has 0 spiro atoms. The highest BCUT2D eigenvalue weighted by molar-refractivity contribution is 6.01. The second-order valence-electron chi connectivity index (χ2n) is 8.91. The van der Waals surface area contributed by atoms with Crippen LogP contribution in [0.4, 0.5) is 22.0 Å². The first-order valence-corrected chi connectivity index (χ1v) is 12.2. The number of amides is 3. The van der Waals surface area contributed by atoms with Gasteiger partial charge in [0.05, 0.1) is 18.7 Å². The predicted octanol–water partition coefficient (Wildman–Crippen LogP) is 3.83. The van der Waals surface area contributed by atoms with E-state index in [4.69, 9.17) is 4.74 Å². The van der Waals surface area contributed by atoms with Gasteiger partial charge in [0.25, 0.3) is 11.7 Å². The third-order valence-electron chi connectivity index (χ3n) is 5.52. The molecule has 0 aromatic heterocycles. The highest BCUT2D eigenvalue weighted by Crippen LogP contribution is 2.22. The number of Topliss-reactive ketones (excluding diaryl/α,β-unsaturated/α-hetero) is 1. The molecule has 3 N–H and O–H groups in total. The molecule has 0 saturated carbocycles. The topological polar surface area (TPSA) is 123 Å². The van der Waals surface area contributed by atoms with Gasteiger partial charge in [-0.05, 0) is 49.6 Å². The van der Waals surface area contributed by atoms with Gasteiger partial charge < -0.3 is 25.4 Å². The van der Waals surface area contributed by atoms with Crippen molar-refractivity contribution in [2.24, 2.45) is 5.92 Å². The molecule has 41 heavy (non-hydrogen) atoms. The number of nitrogens with one attached hydrogen (secondary N) is 3. The van der Waals surface area contributed by atoms with Crippen LogP contribution in [0, 0.1) is 5.92 Å². The van der Waals surface area contributed by atoms with Crippen molar-refractivity contribution in [2.75, 3.05) is 7.11 Å². The Hall–Kier alpha value is -4.23. The van der Waals surface area contributed by atoms with E-state index in [-0.39, 0.29) is 11.1 Å². The van der Waals surface area contributed by atoms with E-state index in [1.807, 2.05) is 5.32 Å². The standard InChI is InChI=1S/C27H32F5N3O6/c1-7-17(40-6)13-12-15(4)21(25(39)34-20(14(2)3)22(36)27(30,31)32)35-23(37)16(5)33-24(38)18-10-8-9-11-19(18)41-26(28)29/h7-14,16,20-21,26H,4H2,1-3,5-6H3,(H,33,38)(H,34,39)(H,35,37)/b13-12-,17-7+/t16-,20-,21-/m0/s1. The molecular formula is C27H32F5N3O6. The Bertz CT molecular complexity index is 1180. The minimum atomic E-state index is -5.24. The molecule has 3 atom stereocenters. The minimum absolute atomic E-state index is 0.108. The van der Waals surface area contributed by atoms with Crippen LogP contribution in [0.5, 0.6) is 5.75 Å². The lowest BCUT2D eigenvalue weighted by molar-refractivity contribution is -0.175. The van der Waals surface area contributed by atoms with Crippen molar-refractivity contribution < 1.29 is 50.6 Å². The predicted molar refractivity (Wildman–Crippen MR) is 139 cm³/mol. The Kier molecular flexibility index (Phi) is 13.2. The van der Waals surface area contributed by atoms with Gasteiger partial charge in [0.1, 0.15) is 23.6 Å². The zero-order chi connectivity index (χ0) is 31.5. The Morgan fingerprint density at radius 3 is 2.07 bits per heavy atom. The molecule has 1 aromatic carbocycles. The number of alkyl halides is 5. The van der Waals surface area contributed by atoms with Crippen molar-refractivity contribution in [1.82, 2.24) is 16.0 Å². The smallest absolute Gasteiger partial charge is 0.452 e. The fraction of sp³-hybridized carbons (Fsp3) is 0.407. The summed E-state index contributed by atoms with van der Waals surface area (Å²) < 4.78 is 74.1. The average Bonchev–Trinajstić information content (AvgIpc) is 2.89. The Balaban J connectivity index is 3.24. The molecule has 0 heterocycles. The molecule has 0 aliphatic rings. The van der Waals surface area contributed by atoms with E-state index < -0.39 is 66.1 Å². The first kappa shape index (κ1) is 34.8. The van der Waals surface area contributed by atoms with E-state index in [1.165, 1.54) is 58.2 Å². The van der Waals surface area contributed by atoms with Gasteiger partial charge in [0, 0.05) is 0 Å². The van der Waals surface area contributed by atoms with E-state index >= 15 is 0 Å². The highest BCUT2D eigenvalue weighted by atomic mass is 19.4. The molecule has 14 heteroatoms. The molecule has 226 valence electrons. The average molecular weight is 590 g/mol. The molecule has 0 bridgehead atoms. The summed E-state index contributed by atoms with van der Waals surface area (Å²) in [5.41, 5.74) is -0.415. The fourth-order valence-electron chi connectivity index (χ4n) is 3.30. The molecule has 1 aromatic rings. The van der Waals surface area contributed by atoms with Crippen LogP contribution in [0.1, 0.15) is 38.1 Å². The molecule has 1 rings (SSSR count). The number of ether oxygens (including phenoxy) is 2. The number of hydrogen-bond acceptors (Lipinski definition) is 6. The maximum Gasteiger partial charge on any atom is 0.452 e. The van der Waals surface area contributed by atoms with E-state index in [0.717, 1.165) is 6.07 Å². The lowest BCUT2D eigenvalue weighted by atomic mass is 9.98. The van der Waals surface area contributed by atoms with Gasteiger partial charge in [-0.25, -0.2) is 0 Å². The summed E-state index contributed by atoms with van der Waals surface area (Å²) in [6.07, 6.45) is -1.04. The molecule has 0 radical (unpaired) electrons. The first-order chi connectivity index (χ1) is 19.0. The largest absolute Gasteiger partial charge is 0.497 e. The monoisotopic (exact) mass is 589 g/mol. The van der Waals surface area contributed by atoms with Crippen LogP contribution in [0.2, 0.25) is 0 Å². The van der Waals surface area contributed by atoms with Crippen molar-refractivity contribution in [3.8, 4) is 5.75 Å². The number of ketones is 1. The number of carbonyl (C=O) groups is 4. The van der Waals surface area contributed by atoms with Crippen LogP contribution >= 0.6 is 0 Å². The second kappa shape index (κ2) is 15.5. The van der Waals surface area contributed by atoms with Crippen LogP contribution < -0.4 is 20.7 Å². The van der Waals surface area contributed by atoms with E-state index in [0.29, 0.717) is 5.76 Å². The SMILES string of the molecule is C=C(/C=C\C(=C/C)OC)[C@H](NC(=O)[C@H](C)NC(=O)c1ccccc1OC(F)F)C(=O)N[C@H](C(=O)C(F)(F)F)C(C)C. The zero-order valence-electron chi connectivity index (χ0n) is 23.0. The third-order valence-corrected chi connectivity index (χ3v) is 5.52. The zero-order valence-corrected chi connectivity index (χ0v) is 23.0. The van der Waals surface area contributed by atoms with Crippen molar-refractivity contribution in [1.29, 1.82) is 0 Å². The maximum atomic E-state index is 13.1. The van der Waals surface area contributed by atoms with E-state index in [9.17, 15) is 41.1 Å². The quantitative estimate of drug-likeness (QED) is 0.172. The number of hydrogen-bond donors (Lipinski definition) is 3. The maximum absolute atomic E-state index is 13.1. The Labute approximate surface area is 233 Å². The first-order valence-electron chi connectivity index (χ1n) is 12.2. The molecule has 0 saturated heterocycles. The number of carbonyl (C=O) groups excluding carboxylic acids is 4. The van der Waals surface area contributed by atoms with Crippen LogP contribution in [-0.4, -0.2) is 61.5 Å². The summed E-state index contributed by atoms with van der Waals surface area (Å²) >= 11 is 0. The van der Waals surface area contributed by atoms with E-state index in [1.54, 1.807) is 13.0 Å². The molecule has 0 aliphatic heterocycles. The number of allylic oxidation sites excluding steroid dienone is 2. The van der Waals surface area contributed by atoms with Gasteiger partial charge in [0.15, 0.2) is 0 Å². The van der Waals surface area contributed by atoms with Crippen molar-refractivity contribution in [3.63, 3.8) is 0 Å². The van der Waals surface area contributed by atoms with Crippen molar-refractivity contribution in [2.45, 2.75) is 58.6 Å². The summed E-state index contributed by atoms with van der Waals surface area (Å²) in [5, 5.41) is 6.57. The molecule has 0 aliphatic carbocycles. The van der Waals surface area contributed by atoms with Crippen LogP contribution in [0.25, 0.3) is 0 Å². The number of halogens is 5. The van der Waals surface area contributed by atoms with Crippen LogP contribution in [0.3, 0.4) is 0 Å². The summed E-state index contributed by atoms with van der Waals surface area (Å²) in [6.45, 7) is 5.92. The number of benzene rings is 1. The second-order valence-corrected chi connectivity index (χ2v) is 8.91. The number of rotatable bonds is 14. The normalized spacial score (nSPS) is 14.3. The van der Waals surface area contributed by atoms with Crippen LogP contribution in [0.15, 0.2) is 60.4 Å². The summed E-state index contributed by atoms with van der Waals surface area (Å²) in [7, 11) is 1.36. The summed E-state index contributed by atoms with van der Waals surface area (Å²) in [4.78, 5) is 50.6. The molecule has 0 fully saturated rings. The lowest BCUT2D eigenvalue weighted by Crippen LogP contribution is -2.57. The minimum Gasteiger partial charge on any atom is -0.497 e. The van der Waals surface area contributed by atoms with Gasteiger partial charge in [-0.3, -0.25) is 19.2 Å². The number of methoxy groups -OCH3 is 1. The van der Waals surface area contributed by atoms with E-state index in [2.05, 4.69) is 21.9 Å². The molecule has 3 amide bonds. The van der Waals surface area contributed by atoms with Gasteiger partial charge >= 0.3 is 12.8 Å². The molecule has 0 unspecified atom stereocenters. The third kappa shape index (κ3) is 10.7. The van der Waals surface area contributed by atoms with Gasteiger partial charge in [-0.2, -0.15) is 22.0 Å². The van der Waals surface area contributed by atoms with Gasteiger partial charge in [-0.1, -0.05) is 38.6 Å². The van der Waals surface area contributed by atoms with Gasteiger partial charge in [0.2, 0.25) is 11.8 Å². The fourth-order valence-corrected chi connectivity index (χ4v) is 3.30. The van der Waals surface area contributed by atoms with Crippen LogP contribution in [-0.2, 0) is 19.1 Å². The number of para-hydroxylation sites is 1. The summed E-state index contributed by atoms with van der Waals surface area (Å²) in [6, 6.07) is -0.00702. The molecular weight excluding hydrogens is 557 g/mol. The molecule has 9 nitrogen and oxygen atoms in total. The Morgan fingerprint density at radius 2 is 1.56 bits per heavy atom. The van der Waals surface area contributed by atoms with Gasteiger partial charge in [-0.15, -0.1) is 0 Å². The van der Waals surface area contributed by atoms with Crippen molar-refractivity contribution in [3.05, 3.63) is 66.0 Å². The Morgan fingerprint density at radius 1 is 0.951 bits per heavy atom. The highest BCUT2D eigenvalue weighted by Gasteiger charge is 2.45.